The molecule has 3 rings (SSSR count). The Kier molecular flexibility index (Phi) is 12.4. The molecule has 0 aliphatic carbocycles. The number of hydrogen-bond acceptors (Lipinski definition) is 8. The Bertz CT molecular complexity index is 1580. The molecule has 0 heterocycles. The van der Waals surface area contributed by atoms with Crippen molar-refractivity contribution >= 4 is 27.5 Å². The second-order valence-electron chi connectivity index (χ2n) is 10.00. The second kappa shape index (κ2) is 16.0. The van der Waals surface area contributed by atoms with E-state index in [4.69, 9.17) is 18.9 Å². The molecule has 3 aromatic carbocycles. The maximum absolute atomic E-state index is 14.8. The van der Waals surface area contributed by atoms with Crippen LogP contribution in [0.25, 0.3) is 0 Å². The number of halogens is 1. The fourth-order valence-electron chi connectivity index (χ4n) is 4.54. The normalized spacial score (nSPS) is 11.7. The quantitative estimate of drug-likeness (QED) is 0.228. The molecule has 0 radical (unpaired) electrons. The third kappa shape index (κ3) is 8.35. The van der Waals surface area contributed by atoms with E-state index >= 15 is 0 Å². The summed E-state index contributed by atoms with van der Waals surface area (Å²) in [5.41, 5.74) is 0.165. The van der Waals surface area contributed by atoms with Crippen LogP contribution in [0.3, 0.4) is 0 Å². The molecule has 0 saturated heterocycles. The maximum atomic E-state index is 14.8. The van der Waals surface area contributed by atoms with Gasteiger partial charge in [0.1, 0.15) is 29.9 Å². The first kappa shape index (κ1) is 35.0. The molecule has 0 saturated carbocycles. The Balaban J connectivity index is 2.15. The molecule has 1 unspecified atom stereocenters. The minimum Gasteiger partial charge on any atom is -0.497 e. The highest BCUT2D eigenvalue weighted by atomic mass is 32.2. The lowest BCUT2D eigenvalue weighted by Gasteiger charge is -2.32. The number of anilines is 1. The zero-order valence-electron chi connectivity index (χ0n) is 26.3. The molecule has 0 spiro atoms. The highest BCUT2D eigenvalue weighted by Gasteiger charge is 2.35. The number of amides is 2. The summed E-state index contributed by atoms with van der Waals surface area (Å²) in [6.07, 6.45) is 1.57. The van der Waals surface area contributed by atoms with Crippen molar-refractivity contribution in [3.63, 3.8) is 0 Å². The van der Waals surface area contributed by atoms with Gasteiger partial charge in [-0.3, -0.25) is 13.9 Å². The molecule has 1 N–H and O–H groups in total. The topological polar surface area (TPSA) is 124 Å². The predicted octanol–water partition coefficient (Wildman–Crippen LogP) is 4.39. The van der Waals surface area contributed by atoms with E-state index in [1.807, 2.05) is 6.92 Å². The molecule has 45 heavy (non-hydrogen) atoms. The highest BCUT2D eigenvalue weighted by molar-refractivity contribution is 7.92. The van der Waals surface area contributed by atoms with Crippen LogP contribution in [0, 0.1) is 5.82 Å². The molecule has 2 amide bonds. The Morgan fingerprint density at radius 1 is 0.889 bits per heavy atom. The first-order valence-corrected chi connectivity index (χ1v) is 15.7. The van der Waals surface area contributed by atoms with E-state index in [0.29, 0.717) is 18.0 Å². The van der Waals surface area contributed by atoms with E-state index in [1.54, 1.807) is 12.1 Å². The van der Waals surface area contributed by atoms with Gasteiger partial charge < -0.3 is 29.2 Å². The molecule has 0 bridgehead atoms. The van der Waals surface area contributed by atoms with Crippen LogP contribution in [0.5, 0.6) is 23.0 Å². The SMILES string of the molecule is CCCCNC(=O)C(C)N(Cc1ccccc1F)C(=O)CN(c1cc(OC)ccc1OC)S(=O)(=O)c1ccc(OC)c(OC)c1. The summed E-state index contributed by atoms with van der Waals surface area (Å²) in [6, 6.07) is 13.4. The first-order valence-electron chi connectivity index (χ1n) is 14.3. The summed E-state index contributed by atoms with van der Waals surface area (Å²) in [5, 5.41) is 2.80. The van der Waals surface area contributed by atoms with Gasteiger partial charge >= 0.3 is 0 Å². The number of rotatable bonds is 16. The fourth-order valence-corrected chi connectivity index (χ4v) is 5.97. The monoisotopic (exact) mass is 645 g/mol. The van der Waals surface area contributed by atoms with Gasteiger partial charge in [0.15, 0.2) is 11.5 Å². The van der Waals surface area contributed by atoms with Crippen LogP contribution in [0.1, 0.15) is 32.3 Å². The number of benzene rings is 3. The van der Waals surface area contributed by atoms with Gasteiger partial charge in [-0.25, -0.2) is 12.8 Å². The van der Waals surface area contributed by atoms with Gasteiger partial charge in [0.05, 0.1) is 39.0 Å². The Hall–Kier alpha value is -4.52. The van der Waals surface area contributed by atoms with Gasteiger partial charge in [-0.15, -0.1) is 0 Å². The first-order chi connectivity index (χ1) is 21.5. The third-order valence-electron chi connectivity index (χ3n) is 7.17. The van der Waals surface area contributed by atoms with Gasteiger partial charge in [-0.2, -0.15) is 0 Å². The summed E-state index contributed by atoms with van der Waals surface area (Å²) in [6.45, 7) is 2.83. The van der Waals surface area contributed by atoms with Crippen LogP contribution in [-0.4, -0.2) is 72.7 Å². The van der Waals surface area contributed by atoms with Gasteiger partial charge in [0.2, 0.25) is 11.8 Å². The summed E-state index contributed by atoms with van der Waals surface area (Å²) in [5.74, 6) is -0.890. The minimum atomic E-state index is -4.50. The lowest BCUT2D eigenvalue weighted by atomic mass is 10.1. The number of carbonyl (C=O) groups is 2. The zero-order valence-corrected chi connectivity index (χ0v) is 27.1. The van der Waals surface area contributed by atoms with E-state index in [1.165, 1.54) is 83.9 Å². The van der Waals surface area contributed by atoms with Crippen LogP contribution in [-0.2, 0) is 26.2 Å². The van der Waals surface area contributed by atoms with E-state index < -0.39 is 40.2 Å². The molecular formula is C32H40FN3O8S. The molecule has 13 heteroatoms. The fraction of sp³-hybridized carbons (Fsp3) is 0.375. The average Bonchev–Trinajstić information content (AvgIpc) is 3.05. The number of carbonyl (C=O) groups excluding carboxylic acids is 2. The molecule has 244 valence electrons. The number of methoxy groups -OCH3 is 4. The maximum Gasteiger partial charge on any atom is 0.265 e. The van der Waals surface area contributed by atoms with E-state index in [-0.39, 0.29) is 34.2 Å². The van der Waals surface area contributed by atoms with Gasteiger partial charge in [-0.1, -0.05) is 31.5 Å². The molecular weight excluding hydrogens is 605 g/mol. The molecule has 11 nitrogen and oxygen atoms in total. The molecule has 0 fully saturated rings. The van der Waals surface area contributed by atoms with Crippen LogP contribution in [0.15, 0.2) is 65.6 Å². The van der Waals surface area contributed by atoms with Crippen molar-refractivity contribution < 1.29 is 41.3 Å². The van der Waals surface area contributed by atoms with Gasteiger partial charge in [0.25, 0.3) is 10.0 Å². The highest BCUT2D eigenvalue weighted by Crippen LogP contribution is 2.37. The van der Waals surface area contributed by atoms with Crippen LogP contribution in [0.2, 0.25) is 0 Å². The Morgan fingerprint density at radius 2 is 1.56 bits per heavy atom. The van der Waals surface area contributed by atoms with Crippen LogP contribution >= 0.6 is 0 Å². The van der Waals surface area contributed by atoms with Gasteiger partial charge in [-0.05, 0) is 43.7 Å². The summed E-state index contributed by atoms with van der Waals surface area (Å²) in [7, 11) is 1.06. The largest absolute Gasteiger partial charge is 0.497 e. The van der Waals surface area contributed by atoms with Crippen LogP contribution in [0.4, 0.5) is 10.1 Å². The number of nitrogens with one attached hydrogen (secondary N) is 1. The predicted molar refractivity (Wildman–Crippen MR) is 168 cm³/mol. The van der Waals surface area contributed by atoms with Crippen molar-refractivity contribution in [3.05, 3.63) is 72.0 Å². The number of unbranched alkanes of at least 4 members (excludes halogenated alkanes) is 1. The number of hydrogen-bond donors (Lipinski definition) is 1. The zero-order chi connectivity index (χ0) is 33.1. The minimum absolute atomic E-state index is 0.00544. The van der Waals surface area contributed by atoms with Crippen molar-refractivity contribution in [1.82, 2.24) is 10.2 Å². The van der Waals surface area contributed by atoms with Gasteiger partial charge in [0, 0.05) is 30.8 Å². The van der Waals surface area contributed by atoms with E-state index in [0.717, 1.165) is 22.0 Å². The second-order valence-corrected chi connectivity index (χ2v) is 11.9. The van der Waals surface area contributed by atoms with Crippen molar-refractivity contribution in [2.45, 2.75) is 44.2 Å². The summed E-state index contributed by atoms with van der Waals surface area (Å²) < 4.78 is 65.8. The van der Waals surface area contributed by atoms with Crippen molar-refractivity contribution in [3.8, 4) is 23.0 Å². The lowest BCUT2D eigenvalue weighted by molar-refractivity contribution is -0.139. The summed E-state index contributed by atoms with van der Waals surface area (Å²) in [4.78, 5) is 28.3. The van der Waals surface area contributed by atoms with Crippen molar-refractivity contribution in [2.24, 2.45) is 0 Å². The molecule has 3 aromatic rings. The summed E-state index contributed by atoms with van der Waals surface area (Å²) >= 11 is 0. The number of nitrogens with zero attached hydrogens (tertiary/aromatic N) is 2. The molecule has 1 atom stereocenters. The van der Waals surface area contributed by atoms with E-state index in [2.05, 4.69) is 5.32 Å². The Labute approximate surface area is 263 Å². The average molecular weight is 646 g/mol. The molecule has 0 aromatic heterocycles. The third-order valence-corrected chi connectivity index (χ3v) is 8.93. The van der Waals surface area contributed by atoms with Crippen LogP contribution < -0.4 is 28.6 Å². The number of sulfonamides is 1. The molecule has 0 aliphatic heterocycles. The Morgan fingerprint density at radius 3 is 2.18 bits per heavy atom. The lowest BCUT2D eigenvalue weighted by Crippen LogP contribution is -2.51. The number of ether oxygens (including phenoxy) is 4. The van der Waals surface area contributed by atoms with E-state index in [9.17, 15) is 22.4 Å². The smallest absolute Gasteiger partial charge is 0.265 e. The van der Waals surface area contributed by atoms with Crippen molar-refractivity contribution in [2.75, 3.05) is 45.8 Å². The van der Waals surface area contributed by atoms with Crippen molar-refractivity contribution in [1.29, 1.82) is 0 Å². The molecule has 0 aliphatic rings. The standard InChI is InChI=1S/C32H40FN3O8S/c1-7-8-17-34-32(38)22(2)35(20-23-11-9-10-12-26(23)33)31(37)21-36(27-18-24(41-3)13-15-28(27)42-4)45(39,40)25-14-16-29(43-5)30(19-25)44-6/h9-16,18-19,22H,7-8,17,20-21H2,1-6H3,(H,34,38).